The minimum Gasteiger partial charge on any atom is -0.508 e. The number of aromatic hydroxyl groups is 1. The van der Waals surface area contributed by atoms with Crippen LogP contribution in [0.1, 0.15) is 39.2 Å². The number of hydrogen-bond acceptors (Lipinski definition) is 2. The molecule has 2 aromatic carbocycles. The van der Waals surface area contributed by atoms with Crippen molar-refractivity contribution in [2.24, 2.45) is 5.92 Å². The van der Waals surface area contributed by atoms with Crippen LogP contribution in [0.5, 0.6) is 5.75 Å². The zero-order valence-corrected chi connectivity index (χ0v) is 13.7. The summed E-state index contributed by atoms with van der Waals surface area (Å²) in [4.78, 5) is 12.5. The van der Waals surface area contributed by atoms with E-state index < -0.39 is 0 Å². The summed E-state index contributed by atoms with van der Waals surface area (Å²) in [5.41, 5.74) is 1.70. The van der Waals surface area contributed by atoms with Gasteiger partial charge in [0, 0.05) is 5.69 Å². The summed E-state index contributed by atoms with van der Waals surface area (Å²) < 4.78 is 0. The number of hydrogen-bond donors (Lipinski definition) is 2. The van der Waals surface area contributed by atoms with Crippen LogP contribution in [0.25, 0.3) is 0 Å². The fourth-order valence-electron chi connectivity index (χ4n) is 2.26. The Morgan fingerprint density at radius 1 is 0.955 bits per heavy atom. The molecule has 2 aromatic rings. The monoisotopic (exact) mass is 299 g/mol. The standard InChI is InChI=1S/C17H19NO2.C2H6/c1-12(2)16(13-8-10-15(19)11-9-13)17(20)18-14-6-4-3-5-7-14;1-2/h3-12,16,19H,1-2H3,(H,18,20);1-2H3. The van der Waals surface area contributed by atoms with Gasteiger partial charge in [-0.25, -0.2) is 0 Å². The van der Waals surface area contributed by atoms with Crippen molar-refractivity contribution in [1.82, 2.24) is 0 Å². The molecule has 0 saturated heterocycles. The van der Waals surface area contributed by atoms with Crippen LogP contribution >= 0.6 is 0 Å². The lowest BCUT2D eigenvalue weighted by atomic mass is 9.87. The number of nitrogens with one attached hydrogen (secondary N) is 1. The summed E-state index contributed by atoms with van der Waals surface area (Å²) in [6.45, 7) is 8.03. The lowest BCUT2D eigenvalue weighted by molar-refractivity contribution is -0.118. The quantitative estimate of drug-likeness (QED) is 0.852. The number of rotatable bonds is 4. The largest absolute Gasteiger partial charge is 0.508 e. The number of phenols is 1. The molecule has 3 nitrogen and oxygen atoms in total. The SMILES string of the molecule is CC.CC(C)C(C(=O)Nc1ccccc1)c1ccc(O)cc1. The van der Waals surface area contributed by atoms with Crippen molar-refractivity contribution in [3.63, 3.8) is 0 Å². The van der Waals surface area contributed by atoms with Gasteiger partial charge in [0.2, 0.25) is 5.91 Å². The normalized spacial score (nSPS) is 11.3. The molecule has 118 valence electrons. The molecular formula is C19H25NO2. The predicted octanol–water partition coefficient (Wildman–Crippen LogP) is 4.80. The molecule has 1 amide bonds. The van der Waals surface area contributed by atoms with Crippen LogP contribution in [0.2, 0.25) is 0 Å². The highest BCUT2D eigenvalue weighted by molar-refractivity contribution is 5.96. The Bertz CT molecular complexity index is 562. The summed E-state index contributed by atoms with van der Waals surface area (Å²) in [7, 11) is 0. The van der Waals surface area contributed by atoms with Crippen LogP contribution < -0.4 is 5.32 Å². The molecule has 3 heteroatoms. The number of anilines is 1. The van der Waals surface area contributed by atoms with Gasteiger partial charge in [0.25, 0.3) is 0 Å². The number of carbonyl (C=O) groups is 1. The van der Waals surface area contributed by atoms with Crippen molar-refractivity contribution in [3.05, 3.63) is 60.2 Å². The van der Waals surface area contributed by atoms with E-state index in [-0.39, 0.29) is 23.5 Å². The third-order valence-corrected chi connectivity index (χ3v) is 3.24. The average molecular weight is 299 g/mol. The number of benzene rings is 2. The molecule has 0 fully saturated rings. The Morgan fingerprint density at radius 2 is 1.50 bits per heavy atom. The number of para-hydroxylation sites is 1. The first-order valence-corrected chi connectivity index (χ1v) is 7.73. The van der Waals surface area contributed by atoms with Crippen LogP contribution in [-0.2, 0) is 4.79 Å². The van der Waals surface area contributed by atoms with E-state index in [0.717, 1.165) is 11.3 Å². The molecule has 0 aliphatic heterocycles. The van der Waals surface area contributed by atoms with E-state index >= 15 is 0 Å². The van der Waals surface area contributed by atoms with E-state index in [9.17, 15) is 9.90 Å². The third-order valence-electron chi connectivity index (χ3n) is 3.24. The molecule has 1 unspecified atom stereocenters. The minimum absolute atomic E-state index is 0.0307. The van der Waals surface area contributed by atoms with Gasteiger partial charge in [0.15, 0.2) is 0 Å². The molecule has 0 radical (unpaired) electrons. The maximum atomic E-state index is 12.5. The van der Waals surface area contributed by atoms with Gasteiger partial charge in [-0.05, 0) is 35.7 Å². The maximum absolute atomic E-state index is 12.5. The molecule has 0 saturated carbocycles. The average Bonchev–Trinajstić information content (AvgIpc) is 2.52. The van der Waals surface area contributed by atoms with Crippen LogP contribution in [-0.4, -0.2) is 11.0 Å². The molecule has 0 bridgehead atoms. The minimum atomic E-state index is -0.240. The van der Waals surface area contributed by atoms with Crippen LogP contribution in [0.3, 0.4) is 0 Å². The lowest BCUT2D eigenvalue weighted by Crippen LogP contribution is -2.25. The fraction of sp³-hybridized carbons (Fsp3) is 0.316. The van der Waals surface area contributed by atoms with E-state index in [1.54, 1.807) is 24.3 Å². The van der Waals surface area contributed by atoms with Gasteiger partial charge in [-0.15, -0.1) is 0 Å². The second kappa shape index (κ2) is 8.88. The third kappa shape index (κ3) is 4.92. The van der Waals surface area contributed by atoms with E-state index in [4.69, 9.17) is 0 Å². The summed E-state index contributed by atoms with van der Waals surface area (Å²) in [6, 6.07) is 16.2. The lowest BCUT2D eigenvalue weighted by Gasteiger charge is -2.20. The van der Waals surface area contributed by atoms with Gasteiger partial charge >= 0.3 is 0 Å². The van der Waals surface area contributed by atoms with Crippen molar-refractivity contribution >= 4 is 11.6 Å². The first-order valence-electron chi connectivity index (χ1n) is 7.73. The highest BCUT2D eigenvalue weighted by Crippen LogP contribution is 2.27. The molecule has 2 rings (SSSR count). The van der Waals surface area contributed by atoms with Crippen LogP contribution in [0, 0.1) is 5.92 Å². The van der Waals surface area contributed by atoms with Crippen molar-refractivity contribution in [2.45, 2.75) is 33.6 Å². The Kier molecular flexibility index (Phi) is 7.17. The molecule has 0 aromatic heterocycles. The highest BCUT2D eigenvalue weighted by atomic mass is 16.3. The van der Waals surface area contributed by atoms with E-state index in [1.165, 1.54) is 0 Å². The molecule has 2 N–H and O–H groups in total. The summed E-state index contributed by atoms with van der Waals surface area (Å²) in [6.07, 6.45) is 0. The summed E-state index contributed by atoms with van der Waals surface area (Å²) in [5, 5.41) is 12.3. The number of carbonyl (C=O) groups excluding carboxylic acids is 1. The van der Waals surface area contributed by atoms with Crippen molar-refractivity contribution in [3.8, 4) is 5.75 Å². The van der Waals surface area contributed by atoms with E-state index in [0.29, 0.717) is 0 Å². The second-order valence-electron chi connectivity index (χ2n) is 5.17. The van der Waals surface area contributed by atoms with Gasteiger partial charge in [0.05, 0.1) is 5.92 Å². The number of amides is 1. The molecule has 0 aliphatic rings. The highest BCUT2D eigenvalue weighted by Gasteiger charge is 2.24. The first-order chi connectivity index (χ1) is 10.6. The Hall–Kier alpha value is -2.29. The zero-order chi connectivity index (χ0) is 16.5. The molecule has 1 atom stereocenters. The number of phenolic OH excluding ortho intramolecular Hbond substituents is 1. The molecule has 0 spiro atoms. The first kappa shape index (κ1) is 17.8. The Labute approximate surface area is 133 Å². The molecule has 0 heterocycles. The second-order valence-corrected chi connectivity index (χ2v) is 5.17. The maximum Gasteiger partial charge on any atom is 0.232 e. The van der Waals surface area contributed by atoms with Gasteiger partial charge < -0.3 is 10.4 Å². The van der Waals surface area contributed by atoms with Gasteiger partial charge in [-0.3, -0.25) is 4.79 Å². The van der Waals surface area contributed by atoms with Crippen LogP contribution in [0.15, 0.2) is 54.6 Å². The van der Waals surface area contributed by atoms with Gasteiger partial charge in [0.1, 0.15) is 5.75 Å². The van der Waals surface area contributed by atoms with E-state index in [2.05, 4.69) is 5.32 Å². The summed E-state index contributed by atoms with van der Waals surface area (Å²) in [5.74, 6) is 0.107. The van der Waals surface area contributed by atoms with Crippen molar-refractivity contribution in [2.75, 3.05) is 5.32 Å². The Balaban J connectivity index is 0.00000116. The molecule has 0 aliphatic carbocycles. The predicted molar refractivity (Wildman–Crippen MR) is 92.1 cm³/mol. The van der Waals surface area contributed by atoms with Crippen molar-refractivity contribution < 1.29 is 9.90 Å². The van der Waals surface area contributed by atoms with E-state index in [1.807, 2.05) is 58.0 Å². The molecule has 22 heavy (non-hydrogen) atoms. The zero-order valence-electron chi connectivity index (χ0n) is 13.7. The fourth-order valence-corrected chi connectivity index (χ4v) is 2.26. The van der Waals surface area contributed by atoms with Crippen molar-refractivity contribution in [1.29, 1.82) is 0 Å². The van der Waals surface area contributed by atoms with Gasteiger partial charge in [-0.1, -0.05) is 58.0 Å². The smallest absolute Gasteiger partial charge is 0.232 e. The topological polar surface area (TPSA) is 49.3 Å². The molecular weight excluding hydrogens is 274 g/mol. The van der Waals surface area contributed by atoms with Crippen LogP contribution in [0.4, 0.5) is 5.69 Å². The Morgan fingerprint density at radius 3 is 2.00 bits per heavy atom. The summed E-state index contributed by atoms with van der Waals surface area (Å²) >= 11 is 0. The van der Waals surface area contributed by atoms with Gasteiger partial charge in [-0.2, -0.15) is 0 Å².